The van der Waals surface area contributed by atoms with Crippen LogP contribution in [-0.2, 0) is 29.2 Å². The van der Waals surface area contributed by atoms with Crippen molar-refractivity contribution < 1.29 is 32.4 Å². The normalized spacial score (nSPS) is 22.4. The lowest BCUT2D eigenvalue weighted by Crippen LogP contribution is -2.62. The molecule has 0 spiro atoms. The van der Waals surface area contributed by atoms with Gasteiger partial charge in [0.1, 0.15) is 12.1 Å². The highest BCUT2D eigenvalue weighted by Crippen LogP contribution is 2.58. The molecular formula is C35H60N6O7S. The van der Waals surface area contributed by atoms with Gasteiger partial charge < -0.3 is 26.2 Å². The van der Waals surface area contributed by atoms with Crippen molar-refractivity contribution in [3.63, 3.8) is 0 Å². The third-order valence-corrected chi connectivity index (χ3v) is 11.9. The second kappa shape index (κ2) is 15.5. The number of nitrogens with one attached hydrogen (secondary N) is 4. The molecule has 1 aliphatic heterocycles. The van der Waals surface area contributed by atoms with Crippen molar-refractivity contribution in [2.75, 3.05) is 32.9 Å². The molecule has 4 N–H and O–H groups in total. The first-order chi connectivity index (χ1) is 22.5. The number of likely N-dealkylation sites (tertiary alicyclic amines) is 1. The number of hydrogen-bond acceptors (Lipinski definition) is 7. The molecule has 5 atom stereocenters. The van der Waals surface area contributed by atoms with Gasteiger partial charge >= 0.3 is 6.03 Å². The molecule has 0 aromatic rings. The van der Waals surface area contributed by atoms with Crippen LogP contribution in [0.25, 0.3) is 0 Å². The summed E-state index contributed by atoms with van der Waals surface area (Å²) in [5, 5.41) is 11.1. The molecular weight excluding hydrogens is 648 g/mol. The summed E-state index contributed by atoms with van der Waals surface area (Å²) in [6.45, 7) is 17.3. The molecule has 13 nitrogen and oxygen atoms in total. The number of rotatable bonds is 16. The van der Waals surface area contributed by atoms with Gasteiger partial charge in [-0.15, -0.1) is 6.58 Å². The predicted octanol–water partition coefficient (Wildman–Crippen LogP) is 2.57. The summed E-state index contributed by atoms with van der Waals surface area (Å²) >= 11 is 0. The van der Waals surface area contributed by atoms with E-state index in [1.807, 2.05) is 41.5 Å². The molecule has 5 amide bonds. The summed E-state index contributed by atoms with van der Waals surface area (Å²) < 4.78 is 25.5. The van der Waals surface area contributed by atoms with Crippen molar-refractivity contribution in [3.8, 4) is 0 Å². The van der Waals surface area contributed by atoms with Gasteiger partial charge in [-0.1, -0.05) is 73.8 Å². The second-order valence-electron chi connectivity index (χ2n) is 16.6. The van der Waals surface area contributed by atoms with Gasteiger partial charge in [-0.25, -0.2) is 17.5 Å². The molecule has 3 aliphatic rings. The summed E-state index contributed by atoms with van der Waals surface area (Å²) in [7, 11) is -2.06. The molecule has 0 radical (unpaired) electrons. The third-order valence-electron chi connectivity index (χ3n) is 10.6. The summed E-state index contributed by atoms with van der Waals surface area (Å²) in [6.07, 6.45) is 8.13. The summed E-state index contributed by atoms with van der Waals surface area (Å²) in [6, 6.07) is -4.13. The molecule has 1 saturated heterocycles. The summed E-state index contributed by atoms with van der Waals surface area (Å²) in [5.41, 5.74) is -1.24. The van der Waals surface area contributed by atoms with Crippen molar-refractivity contribution >= 4 is 39.6 Å². The standard InChI is InChI=1S/C35H60N6O7S/c1-11-17-36-30(44)27(42)24(18-22-13-14-22)37-29(43)25-19-23(35(12-2)15-16-35)20-41(25)31(45)28(34(6,7)8)39-32(46)38-26(33(3,4)5)21-40(9)49(10,47)48/h11,22-26,28H,1,12-21H2,2-10H3,(H,36,44)(H,37,43)(H2,38,39,46)/t23-,24?,25+,26-,28-/m1/s1. The maximum absolute atomic E-state index is 14.5. The number of sulfonamides is 1. The molecule has 278 valence electrons. The molecule has 0 aromatic carbocycles. The van der Waals surface area contributed by atoms with E-state index >= 15 is 0 Å². The van der Waals surface area contributed by atoms with Gasteiger partial charge in [0.2, 0.25) is 27.6 Å². The van der Waals surface area contributed by atoms with Crippen LogP contribution in [0.15, 0.2) is 12.7 Å². The molecule has 0 bridgehead atoms. The van der Waals surface area contributed by atoms with Crippen molar-refractivity contribution in [1.82, 2.24) is 30.5 Å². The van der Waals surface area contributed by atoms with E-state index in [0.717, 1.165) is 38.4 Å². The van der Waals surface area contributed by atoms with Gasteiger partial charge in [0.15, 0.2) is 0 Å². The Bertz CT molecular complexity index is 1380. The van der Waals surface area contributed by atoms with E-state index in [1.54, 1.807) is 4.90 Å². The first-order valence-electron chi connectivity index (χ1n) is 17.6. The van der Waals surface area contributed by atoms with Crippen molar-refractivity contribution in [3.05, 3.63) is 12.7 Å². The van der Waals surface area contributed by atoms with Gasteiger partial charge in [0, 0.05) is 32.7 Å². The van der Waals surface area contributed by atoms with Gasteiger partial charge in [-0.05, 0) is 53.8 Å². The lowest BCUT2D eigenvalue weighted by atomic mass is 9.84. The summed E-state index contributed by atoms with van der Waals surface area (Å²) in [4.78, 5) is 69.5. The van der Waals surface area contributed by atoms with E-state index in [-0.39, 0.29) is 30.3 Å². The molecule has 1 unspecified atom stereocenters. The zero-order chi connectivity index (χ0) is 37.1. The van der Waals surface area contributed by atoms with Crippen LogP contribution in [0.4, 0.5) is 4.79 Å². The zero-order valence-corrected chi connectivity index (χ0v) is 31.8. The van der Waals surface area contributed by atoms with E-state index in [0.29, 0.717) is 19.4 Å². The fraction of sp³-hybridized carbons (Fsp3) is 0.800. The Kier molecular flexibility index (Phi) is 12.8. The van der Waals surface area contributed by atoms with Crippen LogP contribution in [0.3, 0.4) is 0 Å². The number of carbonyl (C=O) groups excluding carboxylic acids is 5. The lowest BCUT2D eigenvalue weighted by molar-refractivity contribution is -0.143. The fourth-order valence-corrected chi connectivity index (χ4v) is 7.07. The molecule has 14 heteroatoms. The Morgan fingerprint density at radius 3 is 2.08 bits per heavy atom. The lowest BCUT2D eigenvalue weighted by Gasteiger charge is -2.37. The third kappa shape index (κ3) is 10.7. The highest BCUT2D eigenvalue weighted by atomic mass is 32.2. The Morgan fingerprint density at radius 1 is 1.00 bits per heavy atom. The molecule has 0 aromatic heterocycles. The van der Waals surface area contributed by atoms with E-state index in [2.05, 4.69) is 34.8 Å². The monoisotopic (exact) mass is 708 g/mol. The maximum Gasteiger partial charge on any atom is 0.315 e. The highest BCUT2D eigenvalue weighted by molar-refractivity contribution is 7.88. The number of nitrogens with zero attached hydrogens (tertiary/aromatic N) is 2. The highest BCUT2D eigenvalue weighted by Gasteiger charge is 2.55. The molecule has 3 rings (SSSR count). The largest absolute Gasteiger partial charge is 0.346 e. The van der Waals surface area contributed by atoms with Gasteiger partial charge in [0.25, 0.3) is 5.91 Å². The van der Waals surface area contributed by atoms with Crippen molar-refractivity contribution in [1.29, 1.82) is 0 Å². The van der Waals surface area contributed by atoms with Crippen molar-refractivity contribution in [2.45, 2.75) is 118 Å². The Labute approximate surface area is 293 Å². The first kappa shape index (κ1) is 40.4. The number of carbonyl (C=O) groups is 5. The number of Topliss-reactive ketones (excluding diaryl/α,β-unsaturated/α-hetero) is 1. The minimum absolute atomic E-state index is 0.0331. The van der Waals surface area contributed by atoms with Crippen LogP contribution in [0.1, 0.15) is 93.4 Å². The molecule has 3 fully saturated rings. The van der Waals surface area contributed by atoms with Crippen LogP contribution >= 0.6 is 0 Å². The average Bonchev–Trinajstić information content (AvgIpc) is 3.93. The molecule has 2 aliphatic carbocycles. The number of amides is 5. The minimum atomic E-state index is -3.50. The number of likely N-dealkylation sites (N-methyl/N-ethyl adjacent to an activating group) is 1. The number of urea groups is 1. The molecule has 1 heterocycles. The molecule has 2 saturated carbocycles. The quantitative estimate of drug-likeness (QED) is 0.141. The summed E-state index contributed by atoms with van der Waals surface area (Å²) in [5.74, 6) is -2.09. The van der Waals surface area contributed by atoms with Crippen LogP contribution in [0.5, 0.6) is 0 Å². The first-order valence-corrected chi connectivity index (χ1v) is 19.4. The Balaban J connectivity index is 1.87. The Morgan fingerprint density at radius 2 is 1.61 bits per heavy atom. The van der Waals surface area contributed by atoms with Gasteiger partial charge in [0.05, 0.1) is 12.3 Å². The van der Waals surface area contributed by atoms with E-state index in [9.17, 15) is 32.4 Å². The topological polar surface area (TPSA) is 174 Å². The second-order valence-corrected chi connectivity index (χ2v) is 18.7. The smallest absolute Gasteiger partial charge is 0.315 e. The molecule has 49 heavy (non-hydrogen) atoms. The van der Waals surface area contributed by atoms with Gasteiger partial charge in [-0.3, -0.25) is 19.2 Å². The van der Waals surface area contributed by atoms with E-state index in [4.69, 9.17) is 0 Å². The average molecular weight is 709 g/mol. The number of ketones is 1. The van der Waals surface area contributed by atoms with Crippen LogP contribution < -0.4 is 21.3 Å². The van der Waals surface area contributed by atoms with Crippen molar-refractivity contribution in [2.24, 2.45) is 28.1 Å². The van der Waals surface area contributed by atoms with E-state index in [1.165, 1.54) is 17.4 Å². The van der Waals surface area contributed by atoms with Crippen LogP contribution in [0, 0.1) is 28.1 Å². The van der Waals surface area contributed by atoms with Crippen LogP contribution in [0.2, 0.25) is 0 Å². The van der Waals surface area contributed by atoms with Crippen LogP contribution in [-0.4, -0.2) is 104 Å². The van der Waals surface area contributed by atoms with E-state index < -0.39 is 74.6 Å². The fourth-order valence-electron chi connectivity index (χ4n) is 6.65. The number of hydrogen-bond donors (Lipinski definition) is 4. The minimum Gasteiger partial charge on any atom is -0.346 e. The predicted molar refractivity (Wildman–Crippen MR) is 189 cm³/mol. The maximum atomic E-state index is 14.5. The SMILES string of the molecule is C=CCNC(=O)C(=O)C(CC1CC1)NC(=O)[C@@H]1C[C@@H](C2(CC)CC2)CN1C(=O)[C@@H](NC(=O)N[C@H](CN(C)S(C)(=O)=O)C(C)(C)C)C(C)(C)C. The van der Waals surface area contributed by atoms with Gasteiger partial charge in [-0.2, -0.15) is 0 Å². The zero-order valence-electron chi connectivity index (χ0n) is 31.0. The Hall–Kier alpha value is -3.00.